The van der Waals surface area contributed by atoms with Crippen molar-refractivity contribution in [3.8, 4) is 11.5 Å². The first-order valence-corrected chi connectivity index (χ1v) is 7.21. The molecular weight excluding hydrogens is 268 g/mol. The largest absolute Gasteiger partial charge is 0.497 e. The number of benzene rings is 1. The highest BCUT2D eigenvalue weighted by Crippen LogP contribution is 2.29. The minimum absolute atomic E-state index is 0.0396. The highest BCUT2D eigenvalue weighted by atomic mass is 16.5. The molecule has 0 spiro atoms. The molecule has 118 valence electrons. The van der Waals surface area contributed by atoms with Gasteiger partial charge < -0.3 is 20.1 Å². The summed E-state index contributed by atoms with van der Waals surface area (Å²) in [7, 11) is 3.16. The number of anilines is 1. The number of ether oxygens (including phenoxy) is 2. The second-order valence-corrected chi connectivity index (χ2v) is 5.52. The molecule has 0 saturated carbocycles. The summed E-state index contributed by atoms with van der Waals surface area (Å²) < 4.78 is 10.4. The Hall–Kier alpha value is -1.75. The van der Waals surface area contributed by atoms with Gasteiger partial charge in [-0.1, -0.05) is 13.8 Å². The van der Waals surface area contributed by atoms with Gasteiger partial charge in [0.2, 0.25) is 5.91 Å². The van der Waals surface area contributed by atoms with Crippen LogP contribution >= 0.6 is 0 Å². The van der Waals surface area contributed by atoms with Crippen LogP contribution in [0.15, 0.2) is 18.2 Å². The third kappa shape index (κ3) is 6.04. The fraction of sp³-hybridized carbons (Fsp3) is 0.562. The monoisotopic (exact) mass is 294 g/mol. The van der Waals surface area contributed by atoms with Gasteiger partial charge in [0.25, 0.3) is 0 Å². The fourth-order valence-corrected chi connectivity index (χ4v) is 1.89. The van der Waals surface area contributed by atoms with E-state index in [9.17, 15) is 4.79 Å². The van der Waals surface area contributed by atoms with Gasteiger partial charge in [-0.25, -0.2) is 0 Å². The minimum Gasteiger partial charge on any atom is -0.497 e. The van der Waals surface area contributed by atoms with Crippen LogP contribution in [0.3, 0.4) is 0 Å². The summed E-state index contributed by atoms with van der Waals surface area (Å²) in [5.74, 6) is 1.81. The zero-order valence-corrected chi connectivity index (χ0v) is 13.5. The molecule has 0 fully saturated rings. The van der Waals surface area contributed by atoms with E-state index in [0.717, 1.165) is 6.54 Å². The Morgan fingerprint density at radius 1 is 1.19 bits per heavy atom. The molecule has 0 saturated heterocycles. The van der Waals surface area contributed by atoms with E-state index in [1.165, 1.54) is 0 Å². The first kappa shape index (κ1) is 17.3. The highest BCUT2D eigenvalue weighted by Gasteiger charge is 2.12. The average Bonchev–Trinajstić information content (AvgIpc) is 2.45. The van der Waals surface area contributed by atoms with E-state index < -0.39 is 0 Å². The van der Waals surface area contributed by atoms with Crippen molar-refractivity contribution in [3.05, 3.63) is 18.2 Å². The molecular formula is C16H26N2O3. The normalized spacial score (nSPS) is 12.1. The molecule has 1 amide bonds. The van der Waals surface area contributed by atoms with Gasteiger partial charge in [-0.15, -0.1) is 0 Å². The molecule has 1 aromatic rings. The summed E-state index contributed by atoms with van der Waals surface area (Å²) >= 11 is 0. The van der Waals surface area contributed by atoms with Crippen LogP contribution in [0.2, 0.25) is 0 Å². The van der Waals surface area contributed by atoms with Crippen molar-refractivity contribution in [1.29, 1.82) is 0 Å². The number of carbonyl (C=O) groups is 1. The molecule has 1 unspecified atom stereocenters. The molecule has 21 heavy (non-hydrogen) atoms. The maximum atomic E-state index is 12.1. The standard InChI is InChI=1S/C16H26N2O3/c1-11(2)10-17-12(3)8-16(19)18-14-7-6-13(20-4)9-15(14)21-5/h6-7,9,11-12,17H,8,10H2,1-5H3,(H,18,19). The second-order valence-electron chi connectivity index (χ2n) is 5.52. The number of carbonyl (C=O) groups excluding carboxylic acids is 1. The third-order valence-electron chi connectivity index (χ3n) is 3.05. The lowest BCUT2D eigenvalue weighted by molar-refractivity contribution is -0.116. The van der Waals surface area contributed by atoms with Gasteiger partial charge in [-0.3, -0.25) is 4.79 Å². The van der Waals surface area contributed by atoms with Crippen molar-refractivity contribution in [2.45, 2.75) is 33.2 Å². The van der Waals surface area contributed by atoms with Gasteiger partial charge in [-0.2, -0.15) is 0 Å². The van der Waals surface area contributed by atoms with Gasteiger partial charge in [0.05, 0.1) is 19.9 Å². The Kier molecular flexibility index (Phi) is 7.02. The Morgan fingerprint density at radius 2 is 1.90 bits per heavy atom. The Morgan fingerprint density at radius 3 is 2.48 bits per heavy atom. The Balaban J connectivity index is 2.58. The molecule has 5 heteroatoms. The number of hydrogen-bond acceptors (Lipinski definition) is 4. The van der Waals surface area contributed by atoms with Crippen LogP contribution < -0.4 is 20.1 Å². The SMILES string of the molecule is COc1ccc(NC(=O)CC(C)NCC(C)C)c(OC)c1. The van der Waals surface area contributed by atoms with Crippen molar-refractivity contribution < 1.29 is 14.3 Å². The number of amides is 1. The van der Waals surface area contributed by atoms with Crippen LogP contribution in [0.25, 0.3) is 0 Å². The van der Waals surface area contributed by atoms with Crippen LogP contribution in [0.4, 0.5) is 5.69 Å². The molecule has 0 aliphatic heterocycles. The van der Waals surface area contributed by atoms with E-state index >= 15 is 0 Å². The van der Waals surface area contributed by atoms with E-state index in [4.69, 9.17) is 9.47 Å². The zero-order chi connectivity index (χ0) is 15.8. The lowest BCUT2D eigenvalue weighted by Crippen LogP contribution is -2.33. The van der Waals surface area contributed by atoms with E-state index in [-0.39, 0.29) is 11.9 Å². The molecule has 0 heterocycles. The van der Waals surface area contributed by atoms with Crippen LogP contribution in [0.5, 0.6) is 11.5 Å². The quantitative estimate of drug-likeness (QED) is 0.774. The van der Waals surface area contributed by atoms with E-state index in [0.29, 0.717) is 29.5 Å². The highest BCUT2D eigenvalue weighted by molar-refractivity contribution is 5.92. The van der Waals surface area contributed by atoms with Gasteiger partial charge in [-0.05, 0) is 31.5 Å². The molecule has 0 aliphatic rings. The first-order chi connectivity index (χ1) is 9.96. The molecule has 5 nitrogen and oxygen atoms in total. The average molecular weight is 294 g/mol. The van der Waals surface area contributed by atoms with Gasteiger partial charge in [0, 0.05) is 18.5 Å². The first-order valence-electron chi connectivity index (χ1n) is 7.21. The molecule has 1 atom stereocenters. The Labute approximate surface area is 127 Å². The molecule has 0 aliphatic carbocycles. The maximum absolute atomic E-state index is 12.1. The van der Waals surface area contributed by atoms with Gasteiger partial charge >= 0.3 is 0 Å². The van der Waals surface area contributed by atoms with Crippen LogP contribution in [-0.4, -0.2) is 32.7 Å². The summed E-state index contributed by atoms with van der Waals surface area (Å²) in [6.45, 7) is 7.19. The fourth-order valence-electron chi connectivity index (χ4n) is 1.89. The topological polar surface area (TPSA) is 59.6 Å². The van der Waals surface area contributed by atoms with E-state index in [1.54, 1.807) is 32.4 Å². The smallest absolute Gasteiger partial charge is 0.226 e. The molecule has 0 radical (unpaired) electrons. The number of methoxy groups -OCH3 is 2. The molecule has 0 aromatic heterocycles. The predicted molar refractivity (Wildman–Crippen MR) is 85.1 cm³/mol. The molecule has 1 rings (SSSR count). The van der Waals surface area contributed by atoms with Crippen LogP contribution in [-0.2, 0) is 4.79 Å². The maximum Gasteiger partial charge on any atom is 0.226 e. The van der Waals surface area contributed by atoms with Crippen molar-refractivity contribution in [1.82, 2.24) is 5.32 Å². The second kappa shape index (κ2) is 8.52. The lowest BCUT2D eigenvalue weighted by atomic mass is 10.1. The van der Waals surface area contributed by atoms with Gasteiger partial charge in [0.15, 0.2) is 0 Å². The summed E-state index contributed by atoms with van der Waals surface area (Å²) in [6, 6.07) is 5.45. The summed E-state index contributed by atoms with van der Waals surface area (Å²) in [4.78, 5) is 12.1. The zero-order valence-electron chi connectivity index (χ0n) is 13.5. The van der Waals surface area contributed by atoms with Crippen molar-refractivity contribution in [2.24, 2.45) is 5.92 Å². The summed E-state index contributed by atoms with van der Waals surface area (Å²) in [6.07, 6.45) is 0.419. The Bertz CT molecular complexity index is 461. The van der Waals surface area contributed by atoms with Crippen molar-refractivity contribution >= 4 is 11.6 Å². The number of nitrogens with one attached hydrogen (secondary N) is 2. The summed E-state index contributed by atoms with van der Waals surface area (Å²) in [5, 5.41) is 6.21. The molecule has 1 aromatic carbocycles. The number of hydrogen-bond donors (Lipinski definition) is 2. The van der Waals surface area contributed by atoms with Gasteiger partial charge in [0.1, 0.15) is 11.5 Å². The summed E-state index contributed by atoms with van der Waals surface area (Å²) in [5.41, 5.74) is 0.652. The van der Waals surface area contributed by atoms with Crippen molar-refractivity contribution in [2.75, 3.05) is 26.1 Å². The lowest BCUT2D eigenvalue weighted by Gasteiger charge is -2.16. The van der Waals surface area contributed by atoms with E-state index in [1.807, 2.05) is 6.92 Å². The third-order valence-corrected chi connectivity index (χ3v) is 3.05. The van der Waals surface area contributed by atoms with Crippen LogP contribution in [0.1, 0.15) is 27.2 Å². The van der Waals surface area contributed by atoms with Crippen LogP contribution in [0, 0.1) is 5.92 Å². The minimum atomic E-state index is -0.0396. The van der Waals surface area contributed by atoms with E-state index in [2.05, 4.69) is 24.5 Å². The number of rotatable bonds is 8. The molecule has 0 bridgehead atoms. The predicted octanol–water partition coefficient (Wildman–Crippen LogP) is 2.67. The van der Waals surface area contributed by atoms with Crippen molar-refractivity contribution in [3.63, 3.8) is 0 Å². The molecule has 2 N–H and O–H groups in total.